The Kier molecular flexibility index (Phi) is 4.36. The molecule has 1 aliphatic carbocycles. The third-order valence-electron chi connectivity index (χ3n) is 4.98. The first-order valence-corrected chi connectivity index (χ1v) is 8.95. The lowest BCUT2D eigenvalue weighted by Crippen LogP contribution is -2.39. The van der Waals surface area contributed by atoms with E-state index in [0.29, 0.717) is 19.5 Å². The second-order valence-electron chi connectivity index (χ2n) is 6.88. The van der Waals surface area contributed by atoms with Crippen molar-refractivity contribution in [3.05, 3.63) is 47.5 Å². The van der Waals surface area contributed by atoms with Crippen molar-refractivity contribution < 1.29 is 14.3 Å². The van der Waals surface area contributed by atoms with E-state index in [1.54, 1.807) is 4.90 Å². The largest absolute Gasteiger partial charge is 0.442 e. The van der Waals surface area contributed by atoms with E-state index < -0.39 is 0 Å². The Balaban J connectivity index is 1.31. The van der Waals surface area contributed by atoms with Crippen LogP contribution in [-0.4, -0.2) is 41.2 Å². The van der Waals surface area contributed by atoms with Crippen molar-refractivity contribution in [1.82, 2.24) is 15.3 Å². The van der Waals surface area contributed by atoms with E-state index >= 15 is 0 Å². The van der Waals surface area contributed by atoms with Crippen LogP contribution in [0.2, 0.25) is 0 Å². The third kappa shape index (κ3) is 3.29. The first-order chi connectivity index (χ1) is 12.6. The first kappa shape index (κ1) is 16.6. The number of cyclic esters (lactones) is 1. The number of imidazole rings is 1. The fourth-order valence-electron chi connectivity index (χ4n) is 3.65. The summed E-state index contributed by atoms with van der Waals surface area (Å²) in [5, 5.41) is 2.95. The topological polar surface area (TPSA) is 87.3 Å². The molecule has 2 amide bonds. The zero-order valence-electron chi connectivity index (χ0n) is 14.7. The summed E-state index contributed by atoms with van der Waals surface area (Å²) in [6.45, 7) is 2.71. The molecule has 1 aromatic heterocycles. The molecule has 2 aliphatic rings. The highest BCUT2D eigenvalue weighted by Gasteiger charge is 2.33. The highest BCUT2D eigenvalue weighted by Crippen LogP contribution is 2.24. The maximum absolute atomic E-state index is 12.5. The quantitative estimate of drug-likeness (QED) is 0.879. The molecular formula is C19H22N4O3. The van der Waals surface area contributed by atoms with Crippen molar-refractivity contribution in [2.45, 2.75) is 32.3 Å². The Morgan fingerprint density at radius 2 is 2.19 bits per heavy atom. The summed E-state index contributed by atoms with van der Waals surface area (Å²) in [6.07, 6.45) is 1.59. The number of aromatic amines is 1. The maximum atomic E-state index is 12.5. The molecule has 2 aromatic rings. The summed E-state index contributed by atoms with van der Waals surface area (Å²) in [4.78, 5) is 33.8. The van der Waals surface area contributed by atoms with Crippen molar-refractivity contribution in [2.24, 2.45) is 5.92 Å². The fraction of sp³-hybridized carbons (Fsp3) is 0.421. The molecule has 2 unspecified atom stereocenters. The average molecular weight is 354 g/mol. The van der Waals surface area contributed by atoms with Crippen LogP contribution in [0.4, 0.5) is 10.5 Å². The molecule has 0 saturated carbocycles. The van der Waals surface area contributed by atoms with Crippen LogP contribution in [0.15, 0.2) is 30.3 Å². The minimum atomic E-state index is -0.370. The van der Waals surface area contributed by atoms with Crippen LogP contribution in [0.1, 0.15) is 23.6 Å². The van der Waals surface area contributed by atoms with Gasteiger partial charge in [0.25, 0.3) is 0 Å². The molecule has 2 atom stereocenters. The Morgan fingerprint density at radius 1 is 1.38 bits per heavy atom. The van der Waals surface area contributed by atoms with E-state index in [1.807, 2.05) is 37.3 Å². The minimum absolute atomic E-state index is 0.0112. The highest BCUT2D eigenvalue weighted by molar-refractivity contribution is 5.89. The molecule has 2 heterocycles. The van der Waals surface area contributed by atoms with Gasteiger partial charge in [-0.2, -0.15) is 0 Å². The summed E-state index contributed by atoms with van der Waals surface area (Å²) < 4.78 is 5.38. The Hall–Kier alpha value is -2.83. The molecule has 7 nitrogen and oxygen atoms in total. The van der Waals surface area contributed by atoms with Crippen molar-refractivity contribution >= 4 is 17.7 Å². The van der Waals surface area contributed by atoms with Crippen molar-refractivity contribution in [2.75, 3.05) is 18.0 Å². The number of rotatable bonds is 4. The van der Waals surface area contributed by atoms with Gasteiger partial charge in [0.2, 0.25) is 5.91 Å². The lowest BCUT2D eigenvalue weighted by atomic mass is 9.89. The molecule has 0 spiro atoms. The van der Waals surface area contributed by atoms with Gasteiger partial charge < -0.3 is 15.0 Å². The highest BCUT2D eigenvalue weighted by atomic mass is 16.6. The van der Waals surface area contributed by atoms with Crippen LogP contribution in [0.25, 0.3) is 0 Å². The number of carbonyl (C=O) groups is 2. The number of ether oxygens (including phenoxy) is 1. The summed E-state index contributed by atoms with van der Waals surface area (Å²) >= 11 is 0. The van der Waals surface area contributed by atoms with Gasteiger partial charge in [-0.15, -0.1) is 0 Å². The molecule has 26 heavy (non-hydrogen) atoms. The lowest BCUT2D eigenvalue weighted by molar-refractivity contribution is -0.125. The molecular weight excluding hydrogens is 332 g/mol. The van der Waals surface area contributed by atoms with Crippen LogP contribution >= 0.6 is 0 Å². The molecule has 7 heteroatoms. The number of carbonyl (C=O) groups excluding carboxylic acids is 2. The predicted molar refractivity (Wildman–Crippen MR) is 95.9 cm³/mol. The molecule has 4 rings (SSSR count). The van der Waals surface area contributed by atoms with Gasteiger partial charge in [0.15, 0.2) is 0 Å². The number of aromatic nitrogens is 2. The number of nitrogens with one attached hydrogen (secondary N) is 2. The minimum Gasteiger partial charge on any atom is -0.442 e. The number of benzene rings is 1. The Morgan fingerprint density at radius 3 is 3.00 bits per heavy atom. The number of nitrogens with zero attached hydrogens (tertiary/aromatic N) is 2. The first-order valence-electron chi connectivity index (χ1n) is 8.95. The van der Waals surface area contributed by atoms with E-state index in [0.717, 1.165) is 35.7 Å². The van der Waals surface area contributed by atoms with Crippen LogP contribution in [0.3, 0.4) is 0 Å². The predicted octanol–water partition coefficient (Wildman–Crippen LogP) is 1.96. The second kappa shape index (κ2) is 6.82. The molecule has 1 saturated heterocycles. The zero-order chi connectivity index (χ0) is 18.1. The van der Waals surface area contributed by atoms with E-state index in [9.17, 15) is 9.59 Å². The molecule has 136 valence electrons. The van der Waals surface area contributed by atoms with E-state index in [2.05, 4.69) is 15.3 Å². The fourth-order valence-corrected chi connectivity index (χ4v) is 3.65. The van der Waals surface area contributed by atoms with Gasteiger partial charge in [0.05, 0.1) is 18.8 Å². The zero-order valence-corrected chi connectivity index (χ0v) is 14.7. The SMILES string of the molecule is Cc1nc2c([nH]1)CC(C(=O)NCC1CN(c3ccccc3)C(=O)O1)CC2. The second-order valence-corrected chi connectivity index (χ2v) is 6.88. The van der Waals surface area contributed by atoms with Crippen molar-refractivity contribution in [1.29, 1.82) is 0 Å². The third-order valence-corrected chi connectivity index (χ3v) is 4.98. The van der Waals surface area contributed by atoms with Crippen molar-refractivity contribution in [3.8, 4) is 0 Å². The molecule has 0 radical (unpaired) electrons. The summed E-state index contributed by atoms with van der Waals surface area (Å²) in [7, 11) is 0. The maximum Gasteiger partial charge on any atom is 0.414 e. The van der Waals surface area contributed by atoms with Gasteiger partial charge in [-0.1, -0.05) is 18.2 Å². The van der Waals surface area contributed by atoms with Gasteiger partial charge in [0.1, 0.15) is 11.9 Å². The van der Waals surface area contributed by atoms with Crippen molar-refractivity contribution in [3.63, 3.8) is 0 Å². The summed E-state index contributed by atoms with van der Waals surface area (Å²) in [6, 6.07) is 9.40. The Labute approximate surface area is 151 Å². The standard InChI is InChI=1S/C19H22N4O3/c1-12-21-16-8-7-13(9-17(16)22-12)18(24)20-10-15-11-23(19(25)26-15)14-5-3-2-4-6-14/h2-6,13,15H,7-11H2,1H3,(H,20,24)(H,21,22). The number of H-pyrrole nitrogens is 1. The number of aryl methyl sites for hydroxylation is 2. The normalized spacial score (nSPS) is 22.0. The molecule has 1 aliphatic heterocycles. The lowest BCUT2D eigenvalue weighted by Gasteiger charge is -2.21. The van der Waals surface area contributed by atoms with Crippen LogP contribution < -0.4 is 10.2 Å². The smallest absolute Gasteiger partial charge is 0.414 e. The number of anilines is 1. The number of para-hydroxylation sites is 1. The van der Waals surface area contributed by atoms with E-state index in [1.165, 1.54) is 0 Å². The number of hydrogen-bond donors (Lipinski definition) is 2. The molecule has 0 bridgehead atoms. The molecule has 1 aromatic carbocycles. The van der Waals surface area contributed by atoms with Gasteiger partial charge >= 0.3 is 6.09 Å². The Bertz CT molecular complexity index is 817. The number of hydrogen-bond acceptors (Lipinski definition) is 4. The van der Waals surface area contributed by atoms with Crippen LogP contribution in [0.5, 0.6) is 0 Å². The van der Waals surface area contributed by atoms with Gasteiger partial charge in [0, 0.05) is 23.7 Å². The molecule has 2 N–H and O–H groups in total. The van der Waals surface area contributed by atoms with Gasteiger partial charge in [-0.25, -0.2) is 9.78 Å². The number of amides is 2. The average Bonchev–Trinajstić information content (AvgIpc) is 3.21. The number of fused-ring (bicyclic) bond motifs is 1. The van der Waals surface area contributed by atoms with Gasteiger partial charge in [-0.3, -0.25) is 9.69 Å². The molecule has 1 fully saturated rings. The van der Waals surface area contributed by atoms with Gasteiger partial charge in [-0.05, 0) is 31.9 Å². The van der Waals surface area contributed by atoms with E-state index in [4.69, 9.17) is 4.74 Å². The summed E-state index contributed by atoms with van der Waals surface area (Å²) in [5.41, 5.74) is 2.95. The summed E-state index contributed by atoms with van der Waals surface area (Å²) in [5.74, 6) is 0.844. The monoisotopic (exact) mass is 354 g/mol. The van der Waals surface area contributed by atoms with E-state index in [-0.39, 0.29) is 24.0 Å². The van der Waals surface area contributed by atoms with Crippen LogP contribution in [0, 0.1) is 12.8 Å². The van der Waals surface area contributed by atoms with Crippen LogP contribution in [-0.2, 0) is 22.4 Å².